The van der Waals surface area contributed by atoms with Gasteiger partial charge in [0, 0.05) is 18.1 Å². The minimum atomic E-state index is -0.891. The van der Waals surface area contributed by atoms with Crippen LogP contribution in [0.4, 0.5) is 4.39 Å². The molecule has 0 saturated heterocycles. The number of nitrogens with zero attached hydrogens (tertiary/aromatic N) is 1. The van der Waals surface area contributed by atoms with Gasteiger partial charge in [0.25, 0.3) is 0 Å². The maximum atomic E-state index is 13.2. The highest BCUT2D eigenvalue weighted by molar-refractivity contribution is 6.30. The Morgan fingerprint density at radius 1 is 1.44 bits per heavy atom. The Morgan fingerprint density at radius 3 is 2.61 bits per heavy atom. The number of carboxylic acids is 1. The van der Waals surface area contributed by atoms with Gasteiger partial charge in [-0.2, -0.15) is 0 Å². The summed E-state index contributed by atoms with van der Waals surface area (Å²) in [6.45, 7) is 4.97. The molecule has 1 aromatic carbocycles. The Bertz CT molecular complexity index is 403. The lowest BCUT2D eigenvalue weighted by Crippen LogP contribution is -2.32. The standard InChI is InChI=1S/C13H17ClFNO2/c1-9(2)6-16(8-13(17)18)7-10-3-11(14)5-12(15)4-10/h3-5,9H,6-8H2,1-2H3,(H,17,18). The van der Waals surface area contributed by atoms with Gasteiger partial charge in [0.05, 0.1) is 6.54 Å². The molecule has 0 aliphatic heterocycles. The molecule has 1 N–H and O–H groups in total. The second-order valence-corrected chi connectivity index (χ2v) is 5.17. The van der Waals surface area contributed by atoms with E-state index in [1.807, 2.05) is 13.8 Å². The molecule has 5 heteroatoms. The first-order chi connectivity index (χ1) is 8.36. The van der Waals surface area contributed by atoms with Crippen molar-refractivity contribution in [3.63, 3.8) is 0 Å². The maximum absolute atomic E-state index is 13.2. The van der Waals surface area contributed by atoms with Crippen LogP contribution in [0.3, 0.4) is 0 Å². The van der Waals surface area contributed by atoms with Crippen LogP contribution in [0.1, 0.15) is 19.4 Å². The maximum Gasteiger partial charge on any atom is 0.317 e. The molecular formula is C13H17ClFNO2. The zero-order valence-electron chi connectivity index (χ0n) is 10.5. The first kappa shape index (κ1) is 14.9. The van der Waals surface area contributed by atoms with Crippen molar-refractivity contribution in [2.75, 3.05) is 13.1 Å². The van der Waals surface area contributed by atoms with E-state index < -0.39 is 11.8 Å². The number of rotatable bonds is 6. The third-order valence-electron chi connectivity index (χ3n) is 2.31. The highest BCUT2D eigenvalue weighted by atomic mass is 35.5. The van der Waals surface area contributed by atoms with Crippen LogP contribution in [0.5, 0.6) is 0 Å². The molecule has 3 nitrogen and oxygen atoms in total. The van der Waals surface area contributed by atoms with Crippen molar-refractivity contribution in [2.24, 2.45) is 5.92 Å². The topological polar surface area (TPSA) is 40.5 Å². The molecule has 0 fully saturated rings. The first-order valence-electron chi connectivity index (χ1n) is 5.76. The van der Waals surface area contributed by atoms with E-state index in [2.05, 4.69) is 0 Å². The van der Waals surface area contributed by atoms with Crippen LogP contribution in [0.2, 0.25) is 5.02 Å². The molecule has 100 valence electrons. The Morgan fingerprint density at radius 2 is 2.11 bits per heavy atom. The van der Waals surface area contributed by atoms with Gasteiger partial charge in [-0.1, -0.05) is 25.4 Å². The van der Waals surface area contributed by atoms with Crippen LogP contribution in [-0.2, 0) is 11.3 Å². The summed E-state index contributed by atoms with van der Waals surface area (Å²) in [5.41, 5.74) is 0.682. The van der Waals surface area contributed by atoms with Crippen LogP contribution < -0.4 is 0 Å². The second-order valence-electron chi connectivity index (χ2n) is 4.73. The lowest BCUT2D eigenvalue weighted by molar-refractivity contribution is -0.138. The van der Waals surface area contributed by atoms with E-state index in [0.717, 1.165) is 0 Å². The molecule has 0 spiro atoms. The second kappa shape index (κ2) is 6.71. The molecule has 0 aliphatic rings. The monoisotopic (exact) mass is 273 g/mol. The van der Waals surface area contributed by atoms with Crippen molar-refractivity contribution < 1.29 is 14.3 Å². The van der Waals surface area contributed by atoms with Gasteiger partial charge in [-0.25, -0.2) is 4.39 Å². The quantitative estimate of drug-likeness (QED) is 0.866. The highest BCUT2D eigenvalue weighted by Crippen LogP contribution is 2.16. The van der Waals surface area contributed by atoms with Gasteiger partial charge in [-0.05, 0) is 29.7 Å². The number of hydrogen-bond acceptors (Lipinski definition) is 2. The third kappa shape index (κ3) is 5.47. The molecule has 0 unspecified atom stereocenters. The van der Waals surface area contributed by atoms with Gasteiger partial charge in [-0.15, -0.1) is 0 Å². The largest absolute Gasteiger partial charge is 0.480 e. The average Bonchev–Trinajstić information content (AvgIpc) is 2.12. The summed E-state index contributed by atoms with van der Waals surface area (Å²) in [6, 6.07) is 4.26. The van der Waals surface area contributed by atoms with Crippen molar-refractivity contribution in [1.82, 2.24) is 4.90 Å². The summed E-state index contributed by atoms with van der Waals surface area (Å²) >= 11 is 5.77. The molecule has 18 heavy (non-hydrogen) atoms. The van der Waals surface area contributed by atoms with Gasteiger partial charge in [-0.3, -0.25) is 9.69 Å². The van der Waals surface area contributed by atoms with Gasteiger partial charge in [0.1, 0.15) is 5.82 Å². The number of hydrogen-bond donors (Lipinski definition) is 1. The zero-order chi connectivity index (χ0) is 13.7. The smallest absolute Gasteiger partial charge is 0.317 e. The fourth-order valence-corrected chi connectivity index (χ4v) is 2.10. The Balaban J connectivity index is 2.77. The van der Waals surface area contributed by atoms with Crippen molar-refractivity contribution >= 4 is 17.6 Å². The van der Waals surface area contributed by atoms with Crippen molar-refractivity contribution in [3.05, 3.63) is 34.6 Å². The lowest BCUT2D eigenvalue weighted by Gasteiger charge is -2.22. The molecule has 0 bridgehead atoms. The molecule has 1 aromatic rings. The lowest BCUT2D eigenvalue weighted by atomic mass is 10.1. The Hall–Kier alpha value is -1.13. The van der Waals surface area contributed by atoms with E-state index in [0.29, 0.717) is 29.6 Å². The first-order valence-corrected chi connectivity index (χ1v) is 6.13. The minimum absolute atomic E-state index is 0.0632. The molecular weight excluding hydrogens is 257 g/mol. The van der Waals surface area contributed by atoms with E-state index >= 15 is 0 Å². The number of halogens is 2. The van der Waals surface area contributed by atoms with Crippen LogP contribution in [0.25, 0.3) is 0 Å². The van der Waals surface area contributed by atoms with E-state index in [4.69, 9.17) is 16.7 Å². The van der Waals surface area contributed by atoms with Gasteiger partial charge in [0.2, 0.25) is 0 Å². The summed E-state index contributed by atoms with van der Waals surface area (Å²) in [7, 11) is 0. The summed E-state index contributed by atoms with van der Waals surface area (Å²) in [5, 5.41) is 9.17. The minimum Gasteiger partial charge on any atom is -0.480 e. The molecule has 0 saturated carbocycles. The third-order valence-corrected chi connectivity index (χ3v) is 2.53. The van der Waals surface area contributed by atoms with Gasteiger partial charge >= 0.3 is 5.97 Å². The van der Waals surface area contributed by atoms with Crippen molar-refractivity contribution in [1.29, 1.82) is 0 Å². The SMILES string of the molecule is CC(C)CN(CC(=O)O)Cc1cc(F)cc(Cl)c1. The Labute approximate surface area is 111 Å². The predicted octanol–water partition coefficient (Wildman–Crippen LogP) is 3.02. The van der Waals surface area contributed by atoms with Crippen LogP contribution >= 0.6 is 11.6 Å². The molecule has 1 rings (SSSR count). The Kier molecular flexibility index (Phi) is 5.56. The summed E-state index contributed by atoms with van der Waals surface area (Å²) in [6.07, 6.45) is 0. The van der Waals surface area contributed by atoms with Crippen LogP contribution in [0.15, 0.2) is 18.2 Å². The van der Waals surface area contributed by atoms with Gasteiger partial charge < -0.3 is 5.11 Å². The van der Waals surface area contributed by atoms with Crippen LogP contribution in [-0.4, -0.2) is 29.1 Å². The van der Waals surface area contributed by atoms with E-state index in [9.17, 15) is 9.18 Å². The number of benzene rings is 1. The number of carboxylic acid groups (broad SMARTS) is 1. The van der Waals surface area contributed by atoms with Gasteiger partial charge in [0.15, 0.2) is 0 Å². The molecule has 0 aliphatic carbocycles. The number of aliphatic carboxylic acids is 1. The molecule has 0 aromatic heterocycles. The summed E-state index contributed by atoms with van der Waals surface area (Å²) in [4.78, 5) is 12.5. The van der Waals surface area contributed by atoms with Crippen molar-refractivity contribution in [3.8, 4) is 0 Å². The predicted molar refractivity (Wildman–Crippen MR) is 69.2 cm³/mol. The summed E-state index contributed by atoms with van der Waals surface area (Å²) in [5.74, 6) is -0.955. The fraction of sp³-hybridized carbons (Fsp3) is 0.462. The van der Waals surface area contributed by atoms with E-state index in [1.54, 1.807) is 11.0 Å². The van der Waals surface area contributed by atoms with E-state index in [-0.39, 0.29) is 6.54 Å². The van der Waals surface area contributed by atoms with Crippen LogP contribution in [0, 0.1) is 11.7 Å². The molecule has 0 radical (unpaired) electrons. The molecule has 0 amide bonds. The normalized spacial score (nSPS) is 11.2. The average molecular weight is 274 g/mol. The van der Waals surface area contributed by atoms with Crippen molar-refractivity contribution in [2.45, 2.75) is 20.4 Å². The zero-order valence-corrected chi connectivity index (χ0v) is 11.2. The van der Waals surface area contributed by atoms with E-state index in [1.165, 1.54) is 12.1 Å². The molecule has 0 heterocycles. The highest BCUT2D eigenvalue weighted by Gasteiger charge is 2.12. The number of carbonyl (C=O) groups is 1. The summed E-state index contributed by atoms with van der Waals surface area (Å²) < 4.78 is 13.2. The fourth-order valence-electron chi connectivity index (χ4n) is 1.85. The molecule has 0 atom stereocenters.